The molecule has 4 aromatic rings. The number of halogens is 1. The number of methoxy groups -OCH3 is 2. The van der Waals surface area contributed by atoms with Crippen LogP contribution in [0.1, 0.15) is 0 Å². The van der Waals surface area contributed by atoms with Crippen LogP contribution in [-0.2, 0) is 4.79 Å². The van der Waals surface area contributed by atoms with E-state index in [1.165, 1.54) is 18.9 Å². The maximum Gasteiger partial charge on any atom is 0.234 e. The number of anilines is 1. The van der Waals surface area contributed by atoms with Gasteiger partial charge in [-0.25, -0.2) is 0 Å². The Hall–Kier alpha value is -3.49. The molecule has 1 amide bonds. The second kappa shape index (κ2) is 10.4. The molecule has 0 aliphatic rings. The van der Waals surface area contributed by atoms with E-state index in [4.69, 9.17) is 21.1 Å². The molecule has 33 heavy (non-hydrogen) atoms. The molecule has 0 aliphatic carbocycles. The van der Waals surface area contributed by atoms with Gasteiger partial charge in [0.25, 0.3) is 0 Å². The predicted octanol–water partition coefficient (Wildman–Crippen LogP) is 5.34. The molecule has 1 N–H and O–H groups in total. The number of hydrogen-bond donors (Lipinski definition) is 1. The van der Waals surface area contributed by atoms with Gasteiger partial charge in [-0.05, 0) is 42.5 Å². The zero-order chi connectivity index (χ0) is 23.2. The fourth-order valence-electron chi connectivity index (χ4n) is 3.20. The number of hydrogen-bond acceptors (Lipinski definition) is 6. The van der Waals surface area contributed by atoms with Crippen molar-refractivity contribution < 1.29 is 14.3 Å². The van der Waals surface area contributed by atoms with Gasteiger partial charge in [-0.1, -0.05) is 53.7 Å². The van der Waals surface area contributed by atoms with Crippen LogP contribution in [0.4, 0.5) is 5.69 Å². The molecular weight excluding hydrogens is 460 g/mol. The summed E-state index contributed by atoms with van der Waals surface area (Å²) in [5, 5.41) is 12.7. The molecule has 0 aliphatic heterocycles. The van der Waals surface area contributed by atoms with Gasteiger partial charge in [-0.15, -0.1) is 10.2 Å². The second-order valence-corrected chi connectivity index (χ2v) is 8.27. The lowest BCUT2D eigenvalue weighted by Crippen LogP contribution is -2.15. The smallest absolute Gasteiger partial charge is 0.234 e. The van der Waals surface area contributed by atoms with Crippen LogP contribution in [-0.4, -0.2) is 40.6 Å². The number of carbonyl (C=O) groups excluding carboxylic acids is 1. The summed E-state index contributed by atoms with van der Waals surface area (Å²) in [6, 6.07) is 22.4. The molecule has 0 bridgehead atoms. The molecule has 1 heterocycles. The molecular formula is C24H21ClN4O3S. The van der Waals surface area contributed by atoms with Gasteiger partial charge in [-0.3, -0.25) is 9.36 Å². The average Bonchev–Trinajstić information content (AvgIpc) is 3.27. The lowest BCUT2D eigenvalue weighted by atomic mass is 10.2. The van der Waals surface area contributed by atoms with Gasteiger partial charge in [0.2, 0.25) is 5.91 Å². The zero-order valence-corrected chi connectivity index (χ0v) is 19.6. The van der Waals surface area contributed by atoms with Gasteiger partial charge in [0.05, 0.1) is 25.7 Å². The SMILES string of the molecule is COc1ccc(-n2c(SCC(=O)Nc3cc(Cl)ccc3OC)nnc2-c2ccccc2)cc1. The highest BCUT2D eigenvalue weighted by Gasteiger charge is 2.18. The van der Waals surface area contributed by atoms with Crippen molar-refractivity contribution in [3.05, 3.63) is 77.8 Å². The highest BCUT2D eigenvalue weighted by atomic mass is 35.5. The number of aromatic nitrogens is 3. The van der Waals surface area contributed by atoms with E-state index in [2.05, 4.69) is 15.5 Å². The Kier molecular flexibility index (Phi) is 7.16. The Labute approximate surface area is 200 Å². The van der Waals surface area contributed by atoms with Crippen molar-refractivity contribution in [2.45, 2.75) is 5.16 Å². The normalized spacial score (nSPS) is 10.6. The molecule has 0 fully saturated rings. The van der Waals surface area contributed by atoms with Crippen LogP contribution in [0.25, 0.3) is 17.1 Å². The number of rotatable bonds is 8. The molecule has 0 atom stereocenters. The molecule has 0 radical (unpaired) electrons. The minimum atomic E-state index is -0.217. The van der Waals surface area contributed by atoms with Gasteiger partial charge in [0.1, 0.15) is 11.5 Å². The van der Waals surface area contributed by atoms with E-state index in [1.54, 1.807) is 25.3 Å². The largest absolute Gasteiger partial charge is 0.497 e. The molecule has 0 saturated carbocycles. The Morgan fingerprint density at radius 2 is 1.76 bits per heavy atom. The lowest BCUT2D eigenvalue weighted by Gasteiger charge is -2.12. The van der Waals surface area contributed by atoms with Gasteiger partial charge in [0, 0.05) is 16.3 Å². The molecule has 9 heteroatoms. The highest BCUT2D eigenvalue weighted by Crippen LogP contribution is 2.30. The predicted molar refractivity (Wildman–Crippen MR) is 131 cm³/mol. The van der Waals surface area contributed by atoms with E-state index in [-0.39, 0.29) is 11.7 Å². The first-order valence-electron chi connectivity index (χ1n) is 10.0. The third-order valence-electron chi connectivity index (χ3n) is 4.76. The number of thioether (sulfide) groups is 1. The van der Waals surface area contributed by atoms with Crippen molar-refractivity contribution >= 4 is 35.0 Å². The first kappa shape index (κ1) is 22.7. The van der Waals surface area contributed by atoms with Crippen molar-refractivity contribution in [3.63, 3.8) is 0 Å². The lowest BCUT2D eigenvalue weighted by molar-refractivity contribution is -0.113. The van der Waals surface area contributed by atoms with E-state index >= 15 is 0 Å². The van der Waals surface area contributed by atoms with Crippen molar-refractivity contribution in [2.75, 3.05) is 25.3 Å². The van der Waals surface area contributed by atoms with Crippen LogP contribution >= 0.6 is 23.4 Å². The highest BCUT2D eigenvalue weighted by molar-refractivity contribution is 7.99. The van der Waals surface area contributed by atoms with Crippen molar-refractivity contribution in [1.82, 2.24) is 14.8 Å². The summed E-state index contributed by atoms with van der Waals surface area (Å²) >= 11 is 7.34. The van der Waals surface area contributed by atoms with Crippen molar-refractivity contribution in [2.24, 2.45) is 0 Å². The van der Waals surface area contributed by atoms with Crippen LogP contribution < -0.4 is 14.8 Å². The molecule has 4 rings (SSSR count). The van der Waals surface area contributed by atoms with E-state index in [9.17, 15) is 4.79 Å². The van der Waals surface area contributed by atoms with Crippen molar-refractivity contribution in [1.29, 1.82) is 0 Å². The number of nitrogens with zero attached hydrogens (tertiary/aromatic N) is 3. The first-order chi connectivity index (χ1) is 16.1. The van der Waals surface area contributed by atoms with Gasteiger partial charge in [-0.2, -0.15) is 0 Å². The number of ether oxygens (including phenoxy) is 2. The number of nitrogens with one attached hydrogen (secondary N) is 1. The number of benzene rings is 3. The molecule has 0 saturated heterocycles. The van der Waals surface area contributed by atoms with Crippen molar-refractivity contribution in [3.8, 4) is 28.6 Å². The van der Waals surface area contributed by atoms with E-state index in [0.717, 1.165) is 17.0 Å². The van der Waals surface area contributed by atoms with Crippen LogP contribution in [0.2, 0.25) is 5.02 Å². The maximum absolute atomic E-state index is 12.7. The molecule has 3 aromatic carbocycles. The summed E-state index contributed by atoms with van der Waals surface area (Å²) in [6.45, 7) is 0. The van der Waals surface area contributed by atoms with E-state index in [1.807, 2.05) is 59.2 Å². The molecule has 168 valence electrons. The van der Waals surface area contributed by atoms with Gasteiger partial charge >= 0.3 is 0 Å². The quantitative estimate of drug-likeness (QED) is 0.343. The number of carbonyl (C=O) groups is 1. The summed E-state index contributed by atoms with van der Waals surface area (Å²) in [5.41, 5.74) is 2.29. The monoisotopic (exact) mass is 480 g/mol. The second-order valence-electron chi connectivity index (χ2n) is 6.89. The Balaban J connectivity index is 1.59. The molecule has 1 aromatic heterocycles. The van der Waals surface area contributed by atoms with Gasteiger partial charge < -0.3 is 14.8 Å². The average molecular weight is 481 g/mol. The van der Waals surface area contributed by atoms with Crippen LogP contribution in [0.3, 0.4) is 0 Å². The minimum absolute atomic E-state index is 0.124. The first-order valence-corrected chi connectivity index (χ1v) is 11.4. The van der Waals surface area contributed by atoms with Crippen LogP contribution in [0.5, 0.6) is 11.5 Å². The summed E-state index contributed by atoms with van der Waals surface area (Å²) in [7, 11) is 3.16. The van der Waals surface area contributed by atoms with Crippen LogP contribution in [0.15, 0.2) is 78.0 Å². The standard InChI is InChI=1S/C24H21ClN4O3S/c1-31-19-11-9-18(10-12-19)29-23(16-6-4-3-5-7-16)27-28-24(29)33-15-22(30)26-20-14-17(25)8-13-21(20)32-2/h3-14H,15H2,1-2H3,(H,26,30). The fourth-order valence-corrected chi connectivity index (χ4v) is 4.12. The summed E-state index contributed by atoms with van der Waals surface area (Å²) in [4.78, 5) is 12.7. The maximum atomic E-state index is 12.7. The van der Waals surface area contributed by atoms with E-state index in [0.29, 0.717) is 27.4 Å². The zero-order valence-electron chi connectivity index (χ0n) is 18.0. The summed E-state index contributed by atoms with van der Waals surface area (Å²) in [6.07, 6.45) is 0. The third-order valence-corrected chi connectivity index (χ3v) is 5.93. The minimum Gasteiger partial charge on any atom is -0.497 e. The topological polar surface area (TPSA) is 78.3 Å². The Bertz CT molecular complexity index is 1250. The Morgan fingerprint density at radius 1 is 1.00 bits per heavy atom. The molecule has 0 unspecified atom stereocenters. The molecule has 7 nitrogen and oxygen atoms in total. The fraction of sp³-hybridized carbons (Fsp3) is 0.125. The van der Waals surface area contributed by atoms with E-state index < -0.39 is 0 Å². The summed E-state index contributed by atoms with van der Waals surface area (Å²) in [5.74, 6) is 1.87. The van der Waals surface area contributed by atoms with Crippen LogP contribution in [0, 0.1) is 0 Å². The molecule has 0 spiro atoms. The Morgan fingerprint density at radius 3 is 2.45 bits per heavy atom. The number of amides is 1. The third kappa shape index (κ3) is 5.30. The summed E-state index contributed by atoms with van der Waals surface area (Å²) < 4.78 is 12.5. The van der Waals surface area contributed by atoms with Gasteiger partial charge in [0.15, 0.2) is 11.0 Å².